The van der Waals surface area contributed by atoms with Crippen molar-refractivity contribution in [1.29, 1.82) is 0 Å². The third-order valence-corrected chi connectivity index (χ3v) is 2.98. The summed E-state index contributed by atoms with van der Waals surface area (Å²) in [6, 6.07) is 11.9. The van der Waals surface area contributed by atoms with E-state index in [1.165, 1.54) is 12.1 Å². The Morgan fingerprint density at radius 1 is 1.10 bits per heavy atom. The van der Waals surface area contributed by atoms with Gasteiger partial charge in [-0.1, -0.05) is 29.5 Å². The lowest BCUT2D eigenvalue weighted by Crippen LogP contribution is -1.96. The summed E-state index contributed by atoms with van der Waals surface area (Å²) in [5, 5.41) is 0.107. The van der Waals surface area contributed by atoms with Crippen LogP contribution in [0.2, 0.25) is 5.02 Å². The molecule has 102 valence electrons. The van der Waals surface area contributed by atoms with Gasteiger partial charge in [-0.25, -0.2) is 4.39 Å². The van der Waals surface area contributed by atoms with Crippen molar-refractivity contribution in [3.05, 3.63) is 64.4 Å². The van der Waals surface area contributed by atoms with Crippen LogP contribution in [-0.2, 0) is 6.61 Å². The molecule has 1 nitrogen and oxygen atoms in total. The van der Waals surface area contributed by atoms with Crippen LogP contribution in [0, 0.1) is 17.7 Å². The smallest absolute Gasteiger partial charge is 0.142 e. The molecule has 0 bridgehead atoms. The summed E-state index contributed by atoms with van der Waals surface area (Å²) in [5.41, 5.74) is 1.59. The molecule has 0 saturated heterocycles. The lowest BCUT2D eigenvalue weighted by Gasteiger charge is -2.06. The second kappa shape index (κ2) is 7.19. The molecule has 0 N–H and O–H groups in total. The molecule has 0 aliphatic carbocycles. The zero-order valence-corrected chi connectivity index (χ0v) is 12.0. The van der Waals surface area contributed by atoms with Gasteiger partial charge in [0, 0.05) is 5.56 Å². The van der Waals surface area contributed by atoms with E-state index in [4.69, 9.17) is 27.9 Å². The standard InChI is InChI=1S/C16H11Cl2FO/c17-9-1-2-12-3-6-14(7-4-12)20-11-13-5-8-15(18)16(19)10-13/h3-8,10H,9,11H2. The van der Waals surface area contributed by atoms with E-state index < -0.39 is 5.82 Å². The van der Waals surface area contributed by atoms with Crippen molar-refractivity contribution in [2.75, 3.05) is 5.88 Å². The summed E-state index contributed by atoms with van der Waals surface area (Å²) in [4.78, 5) is 0. The zero-order valence-electron chi connectivity index (χ0n) is 10.5. The average Bonchev–Trinajstić information content (AvgIpc) is 2.47. The Bertz CT molecular complexity index is 642. The van der Waals surface area contributed by atoms with E-state index in [-0.39, 0.29) is 11.6 Å². The van der Waals surface area contributed by atoms with Gasteiger partial charge in [-0.05, 0) is 42.0 Å². The first-order valence-corrected chi connectivity index (χ1v) is 6.82. The van der Waals surface area contributed by atoms with Gasteiger partial charge in [0.1, 0.15) is 18.2 Å². The Morgan fingerprint density at radius 2 is 1.85 bits per heavy atom. The molecule has 0 saturated carbocycles. The number of benzene rings is 2. The Labute approximate surface area is 127 Å². The first kappa shape index (κ1) is 14.7. The van der Waals surface area contributed by atoms with Crippen LogP contribution in [0.5, 0.6) is 5.75 Å². The van der Waals surface area contributed by atoms with Crippen molar-refractivity contribution in [2.24, 2.45) is 0 Å². The van der Waals surface area contributed by atoms with Gasteiger partial charge < -0.3 is 4.74 Å². The third-order valence-electron chi connectivity index (χ3n) is 2.54. The van der Waals surface area contributed by atoms with Gasteiger partial charge in [0.05, 0.1) is 10.9 Å². The molecular formula is C16H11Cl2FO. The maximum Gasteiger partial charge on any atom is 0.142 e. The molecular weight excluding hydrogens is 298 g/mol. The minimum absolute atomic E-state index is 0.107. The predicted molar refractivity (Wildman–Crippen MR) is 79.8 cm³/mol. The van der Waals surface area contributed by atoms with Gasteiger partial charge in [0.2, 0.25) is 0 Å². The molecule has 2 aromatic carbocycles. The van der Waals surface area contributed by atoms with Crippen LogP contribution in [-0.4, -0.2) is 5.88 Å². The number of ether oxygens (including phenoxy) is 1. The molecule has 0 unspecified atom stereocenters. The third kappa shape index (κ3) is 4.16. The van der Waals surface area contributed by atoms with E-state index in [2.05, 4.69) is 11.8 Å². The first-order chi connectivity index (χ1) is 9.69. The van der Waals surface area contributed by atoms with Crippen LogP contribution in [0.25, 0.3) is 0 Å². The normalized spacial score (nSPS) is 9.75. The zero-order chi connectivity index (χ0) is 14.4. The number of hydrogen-bond donors (Lipinski definition) is 0. The number of alkyl halides is 1. The van der Waals surface area contributed by atoms with Gasteiger partial charge >= 0.3 is 0 Å². The van der Waals surface area contributed by atoms with Gasteiger partial charge in [-0.3, -0.25) is 0 Å². The van der Waals surface area contributed by atoms with Crippen molar-refractivity contribution in [1.82, 2.24) is 0 Å². The summed E-state index contributed by atoms with van der Waals surface area (Å²) in [5.74, 6) is 6.23. The average molecular weight is 309 g/mol. The van der Waals surface area contributed by atoms with Crippen LogP contribution in [0.1, 0.15) is 11.1 Å². The van der Waals surface area contributed by atoms with Crippen molar-refractivity contribution in [3.8, 4) is 17.6 Å². The number of halogens is 3. The van der Waals surface area contributed by atoms with Crippen molar-refractivity contribution in [3.63, 3.8) is 0 Å². The fourth-order valence-corrected chi connectivity index (χ4v) is 1.75. The topological polar surface area (TPSA) is 9.23 Å². The van der Waals surface area contributed by atoms with Gasteiger partial charge in [0.25, 0.3) is 0 Å². The fraction of sp³-hybridized carbons (Fsp3) is 0.125. The largest absolute Gasteiger partial charge is 0.489 e. The minimum atomic E-state index is -0.445. The van der Waals surface area contributed by atoms with Crippen molar-refractivity contribution < 1.29 is 9.13 Å². The first-order valence-electron chi connectivity index (χ1n) is 5.90. The SMILES string of the molecule is Fc1cc(COc2ccc(C#CCCl)cc2)ccc1Cl. The molecule has 0 aliphatic rings. The Morgan fingerprint density at radius 3 is 2.50 bits per heavy atom. The molecule has 2 rings (SSSR count). The molecule has 20 heavy (non-hydrogen) atoms. The lowest BCUT2D eigenvalue weighted by molar-refractivity contribution is 0.305. The van der Waals surface area contributed by atoms with Gasteiger partial charge in [-0.15, -0.1) is 11.6 Å². The summed E-state index contributed by atoms with van der Waals surface area (Å²) >= 11 is 11.1. The molecule has 0 heterocycles. The van der Waals surface area contributed by atoms with Crippen LogP contribution in [0.3, 0.4) is 0 Å². The van der Waals surface area contributed by atoms with E-state index in [1.807, 2.05) is 24.3 Å². The van der Waals surface area contributed by atoms with Crippen LogP contribution < -0.4 is 4.74 Å². The lowest BCUT2D eigenvalue weighted by atomic mass is 10.2. The van der Waals surface area contributed by atoms with Crippen LogP contribution in [0.4, 0.5) is 4.39 Å². The highest BCUT2D eigenvalue weighted by molar-refractivity contribution is 6.30. The highest BCUT2D eigenvalue weighted by atomic mass is 35.5. The molecule has 0 atom stereocenters. The molecule has 2 aromatic rings. The molecule has 0 aliphatic heterocycles. The van der Waals surface area contributed by atoms with Gasteiger partial charge in [-0.2, -0.15) is 0 Å². The molecule has 0 fully saturated rings. The summed E-state index contributed by atoms with van der Waals surface area (Å²) < 4.78 is 18.8. The Kier molecular flexibility index (Phi) is 5.29. The maximum atomic E-state index is 13.3. The minimum Gasteiger partial charge on any atom is -0.489 e. The molecule has 0 amide bonds. The summed E-state index contributed by atoms with van der Waals surface area (Å²) in [7, 11) is 0. The van der Waals surface area contributed by atoms with Crippen LogP contribution >= 0.6 is 23.2 Å². The number of hydrogen-bond acceptors (Lipinski definition) is 1. The number of rotatable bonds is 3. The van der Waals surface area contributed by atoms with E-state index in [0.717, 1.165) is 11.1 Å². The Balaban J connectivity index is 1.98. The molecule has 4 heteroatoms. The van der Waals surface area contributed by atoms with Crippen LogP contribution in [0.15, 0.2) is 42.5 Å². The van der Waals surface area contributed by atoms with E-state index in [0.29, 0.717) is 11.6 Å². The van der Waals surface area contributed by atoms with Crippen molar-refractivity contribution in [2.45, 2.75) is 6.61 Å². The summed E-state index contributed by atoms with van der Waals surface area (Å²) in [6.45, 7) is 0.279. The molecule has 0 radical (unpaired) electrons. The second-order valence-electron chi connectivity index (χ2n) is 4.00. The molecule has 0 spiro atoms. The van der Waals surface area contributed by atoms with Gasteiger partial charge in [0.15, 0.2) is 0 Å². The Hall–Kier alpha value is -1.69. The van der Waals surface area contributed by atoms with Crippen molar-refractivity contribution >= 4 is 23.2 Å². The summed E-state index contributed by atoms with van der Waals surface area (Å²) in [6.07, 6.45) is 0. The highest BCUT2D eigenvalue weighted by Gasteiger charge is 2.02. The second-order valence-corrected chi connectivity index (χ2v) is 4.67. The van der Waals surface area contributed by atoms with E-state index in [9.17, 15) is 4.39 Å². The fourth-order valence-electron chi connectivity index (χ4n) is 1.57. The molecule has 0 aromatic heterocycles. The predicted octanol–water partition coefficient (Wildman–Crippen LogP) is 4.65. The van der Waals surface area contributed by atoms with E-state index >= 15 is 0 Å². The van der Waals surface area contributed by atoms with E-state index in [1.54, 1.807) is 6.07 Å². The monoisotopic (exact) mass is 308 g/mol. The quantitative estimate of drug-likeness (QED) is 0.592. The maximum absolute atomic E-state index is 13.3. The highest BCUT2D eigenvalue weighted by Crippen LogP contribution is 2.18.